The lowest BCUT2D eigenvalue weighted by molar-refractivity contribution is 0.220. The first-order chi connectivity index (χ1) is 11.5. The van der Waals surface area contributed by atoms with Gasteiger partial charge in [-0.05, 0) is 24.6 Å². The summed E-state index contributed by atoms with van der Waals surface area (Å²) in [5.41, 5.74) is 8.23. The van der Waals surface area contributed by atoms with Crippen molar-refractivity contribution < 1.29 is 0 Å². The van der Waals surface area contributed by atoms with Gasteiger partial charge in [-0.3, -0.25) is 4.90 Å². The summed E-state index contributed by atoms with van der Waals surface area (Å²) in [5, 5.41) is 0. The Morgan fingerprint density at radius 1 is 1.21 bits per heavy atom. The predicted molar refractivity (Wildman–Crippen MR) is 102 cm³/mol. The number of aromatic nitrogens is 2. The van der Waals surface area contributed by atoms with Gasteiger partial charge in [-0.1, -0.05) is 48.0 Å². The van der Waals surface area contributed by atoms with Gasteiger partial charge in [0.1, 0.15) is 5.82 Å². The van der Waals surface area contributed by atoms with E-state index in [2.05, 4.69) is 80.9 Å². The van der Waals surface area contributed by atoms with E-state index in [1.807, 2.05) is 6.07 Å². The Hall–Kier alpha value is -1.66. The van der Waals surface area contributed by atoms with Crippen molar-refractivity contribution in [1.29, 1.82) is 0 Å². The quantitative estimate of drug-likeness (QED) is 0.870. The molecule has 0 amide bonds. The minimum Gasteiger partial charge on any atom is -0.368 e. The second-order valence-electron chi connectivity index (χ2n) is 6.63. The SMILES string of the molecule is CC(C)c1cc(N2CCN(C)[C@H](c3ccccc3Br)C2)nc(N)n1. The third kappa shape index (κ3) is 3.54. The zero-order valence-corrected chi connectivity index (χ0v) is 16.0. The van der Waals surface area contributed by atoms with Gasteiger partial charge in [0.25, 0.3) is 0 Å². The Kier molecular flexibility index (Phi) is 5.06. The summed E-state index contributed by atoms with van der Waals surface area (Å²) in [5.74, 6) is 1.62. The minimum atomic E-state index is 0.313. The fraction of sp³-hybridized carbons (Fsp3) is 0.444. The van der Waals surface area contributed by atoms with E-state index < -0.39 is 0 Å². The maximum atomic E-state index is 5.93. The molecule has 0 saturated carbocycles. The number of hydrogen-bond donors (Lipinski definition) is 1. The largest absolute Gasteiger partial charge is 0.368 e. The average molecular weight is 390 g/mol. The lowest BCUT2D eigenvalue weighted by Gasteiger charge is -2.40. The number of rotatable bonds is 3. The molecule has 1 aliphatic rings. The summed E-state index contributed by atoms with van der Waals surface area (Å²) in [6.45, 7) is 7.05. The number of benzene rings is 1. The van der Waals surface area contributed by atoms with E-state index in [0.29, 0.717) is 17.9 Å². The van der Waals surface area contributed by atoms with E-state index in [0.717, 1.165) is 35.6 Å². The molecule has 0 aliphatic carbocycles. The van der Waals surface area contributed by atoms with Crippen LogP contribution in [0.5, 0.6) is 0 Å². The van der Waals surface area contributed by atoms with Crippen molar-refractivity contribution >= 4 is 27.7 Å². The van der Waals surface area contributed by atoms with E-state index >= 15 is 0 Å². The van der Waals surface area contributed by atoms with Gasteiger partial charge in [-0.2, -0.15) is 4.98 Å². The highest BCUT2D eigenvalue weighted by Gasteiger charge is 2.28. The van der Waals surface area contributed by atoms with Crippen molar-refractivity contribution in [3.05, 3.63) is 46.1 Å². The molecule has 1 fully saturated rings. The van der Waals surface area contributed by atoms with Gasteiger partial charge in [0, 0.05) is 30.2 Å². The Morgan fingerprint density at radius 3 is 2.67 bits per heavy atom. The Morgan fingerprint density at radius 2 is 1.96 bits per heavy atom. The van der Waals surface area contributed by atoms with Crippen LogP contribution in [0.1, 0.15) is 37.1 Å². The highest BCUT2D eigenvalue weighted by molar-refractivity contribution is 9.10. The second kappa shape index (κ2) is 7.07. The standard InChI is InChI=1S/C18H24BrN5/c1-12(2)15-10-17(22-18(20)21-15)24-9-8-23(3)16(11-24)13-6-4-5-7-14(13)19/h4-7,10,12,16H,8-9,11H2,1-3H3,(H2,20,21,22)/t16-/m0/s1. The van der Waals surface area contributed by atoms with Crippen molar-refractivity contribution in [3.63, 3.8) is 0 Å². The summed E-state index contributed by atoms with van der Waals surface area (Å²) >= 11 is 3.69. The molecule has 2 heterocycles. The monoisotopic (exact) mass is 389 g/mol. The normalized spacial score (nSPS) is 19.0. The van der Waals surface area contributed by atoms with Crippen LogP contribution in [-0.4, -0.2) is 41.5 Å². The maximum Gasteiger partial charge on any atom is 0.222 e. The molecule has 1 atom stereocenters. The smallest absolute Gasteiger partial charge is 0.222 e. The third-order valence-electron chi connectivity index (χ3n) is 4.58. The number of hydrogen-bond acceptors (Lipinski definition) is 5. The molecule has 1 aliphatic heterocycles. The third-order valence-corrected chi connectivity index (χ3v) is 5.30. The molecule has 24 heavy (non-hydrogen) atoms. The molecule has 1 aromatic carbocycles. The fourth-order valence-corrected chi connectivity index (χ4v) is 3.64. The number of anilines is 2. The highest BCUT2D eigenvalue weighted by atomic mass is 79.9. The van der Waals surface area contributed by atoms with Crippen LogP contribution in [0.2, 0.25) is 0 Å². The molecule has 0 unspecified atom stereocenters. The van der Waals surface area contributed by atoms with E-state index in [1.165, 1.54) is 5.56 Å². The molecule has 128 valence electrons. The van der Waals surface area contributed by atoms with E-state index in [1.54, 1.807) is 0 Å². The van der Waals surface area contributed by atoms with E-state index in [4.69, 9.17) is 5.73 Å². The van der Waals surface area contributed by atoms with Gasteiger partial charge in [0.15, 0.2) is 0 Å². The molecule has 2 N–H and O–H groups in total. The molecule has 0 spiro atoms. The summed E-state index contributed by atoms with van der Waals surface area (Å²) < 4.78 is 1.15. The van der Waals surface area contributed by atoms with Gasteiger partial charge >= 0.3 is 0 Å². The van der Waals surface area contributed by atoms with E-state index in [-0.39, 0.29) is 0 Å². The Labute approximate surface area is 152 Å². The lowest BCUT2D eigenvalue weighted by Crippen LogP contribution is -2.47. The zero-order chi connectivity index (χ0) is 17.3. The lowest BCUT2D eigenvalue weighted by atomic mass is 10.0. The Bertz CT molecular complexity index is 718. The predicted octanol–water partition coefficient (Wildman–Crippen LogP) is 3.44. The molecular weight excluding hydrogens is 366 g/mol. The molecule has 0 bridgehead atoms. The number of nitrogen functional groups attached to an aromatic ring is 1. The van der Waals surface area contributed by atoms with Crippen molar-refractivity contribution in [1.82, 2.24) is 14.9 Å². The second-order valence-corrected chi connectivity index (χ2v) is 7.48. The van der Waals surface area contributed by atoms with E-state index in [9.17, 15) is 0 Å². The highest BCUT2D eigenvalue weighted by Crippen LogP contribution is 2.31. The molecule has 5 nitrogen and oxygen atoms in total. The molecule has 6 heteroatoms. The van der Waals surface area contributed by atoms with Crippen LogP contribution >= 0.6 is 15.9 Å². The molecule has 0 radical (unpaired) electrons. The van der Waals surface area contributed by atoms with Crippen molar-refractivity contribution in [2.75, 3.05) is 37.3 Å². The topological polar surface area (TPSA) is 58.3 Å². The first-order valence-electron chi connectivity index (χ1n) is 8.29. The van der Waals surface area contributed by atoms with Crippen LogP contribution in [0.4, 0.5) is 11.8 Å². The maximum absolute atomic E-state index is 5.93. The van der Waals surface area contributed by atoms with Gasteiger partial charge in [-0.15, -0.1) is 0 Å². The minimum absolute atomic E-state index is 0.313. The van der Waals surface area contributed by atoms with Gasteiger partial charge in [0.05, 0.1) is 11.7 Å². The van der Waals surface area contributed by atoms with Gasteiger partial charge in [0.2, 0.25) is 5.95 Å². The molecule has 1 aromatic heterocycles. The van der Waals surface area contributed by atoms with Crippen molar-refractivity contribution in [2.45, 2.75) is 25.8 Å². The molecule has 1 saturated heterocycles. The molecule has 3 rings (SSSR count). The van der Waals surface area contributed by atoms with Crippen LogP contribution in [0.15, 0.2) is 34.8 Å². The summed E-state index contributed by atoms with van der Waals surface area (Å²) in [6.07, 6.45) is 0. The van der Waals surface area contributed by atoms with Gasteiger partial charge in [-0.25, -0.2) is 4.98 Å². The first-order valence-corrected chi connectivity index (χ1v) is 9.09. The zero-order valence-electron chi connectivity index (χ0n) is 14.4. The first kappa shape index (κ1) is 17.2. The van der Waals surface area contributed by atoms with Crippen LogP contribution in [0, 0.1) is 0 Å². The number of nitrogens with two attached hydrogens (primary N) is 1. The number of piperazine rings is 1. The summed E-state index contributed by atoms with van der Waals surface area (Å²) in [7, 11) is 2.18. The number of nitrogens with zero attached hydrogens (tertiary/aromatic N) is 4. The number of halogens is 1. The molecular formula is C18H24BrN5. The van der Waals surface area contributed by atoms with Crippen LogP contribution in [0.25, 0.3) is 0 Å². The molecule has 2 aromatic rings. The van der Waals surface area contributed by atoms with Crippen LogP contribution < -0.4 is 10.6 Å². The van der Waals surface area contributed by atoms with Crippen LogP contribution in [0.3, 0.4) is 0 Å². The fourth-order valence-electron chi connectivity index (χ4n) is 3.09. The van der Waals surface area contributed by atoms with Crippen molar-refractivity contribution in [2.24, 2.45) is 0 Å². The summed E-state index contributed by atoms with van der Waals surface area (Å²) in [6, 6.07) is 10.8. The van der Waals surface area contributed by atoms with Gasteiger partial charge < -0.3 is 10.6 Å². The number of likely N-dealkylation sites (N-methyl/N-ethyl adjacent to an activating group) is 1. The average Bonchev–Trinajstić information content (AvgIpc) is 2.55. The Balaban J connectivity index is 1.90. The summed E-state index contributed by atoms with van der Waals surface area (Å²) in [4.78, 5) is 13.5. The van der Waals surface area contributed by atoms with Crippen LogP contribution in [-0.2, 0) is 0 Å². The van der Waals surface area contributed by atoms with Crippen molar-refractivity contribution in [3.8, 4) is 0 Å².